The molecule has 0 N–H and O–H groups in total. The molecule has 0 amide bonds. The van der Waals surface area contributed by atoms with Gasteiger partial charge >= 0.3 is 70.4 Å². The van der Waals surface area contributed by atoms with Crippen LogP contribution in [0.2, 0.25) is 76.6 Å². The molecule has 106 heavy (non-hydrogen) atoms. The lowest BCUT2D eigenvalue weighted by molar-refractivity contribution is 0.0479. The summed E-state index contributed by atoms with van der Waals surface area (Å²) in [4.78, 5) is 0. The highest BCUT2D eigenvalue weighted by molar-refractivity contribution is 7.11. The van der Waals surface area contributed by atoms with E-state index in [9.17, 15) is 8.23 Å². The molecule has 4 aliphatic heterocycles. The minimum absolute atomic E-state index is 0.527. The lowest BCUT2D eigenvalue weighted by Gasteiger charge is -2.58. The van der Waals surface area contributed by atoms with Gasteiger partial charge in [-0.3, -0.25) is 0 Å². The van der Waals surface area contributed by atoms with Crippen LogP contribution >= 0.6 is 0 Å². The SMILES string of the molecule is C=CCCCC[Si](C)(C)O[Si]1(c2ccccc2)O[Si]2(c3ccccc3)O[Si](O[Si](C)(C)CCCCC=C)(c3ccccc3)O[Si](c3ccccc3)(O1)O[Si]1(c3ccccc3)O[Si](O[Si](C)(C)CCCCC=C)(c3ccccc3)O[Si](c3ccccc3)(O[Si](O[Si](C)(C)CCCCC=C)(c3ccccc3)O1)O2. The molecule has 4 bridgehead atoms. The van der Waals surface area contributed by atoms with E-state index in [2.05, 4.69) is 78.7 Å². The summed E-state index contributed by atoms with van der Waals surface area (Å²) >= 11 is 0. The zero-order valence-corrected chi connectivity index (χ0v) is 75.3. The second-order valence-corrected chi connectivity index (χ2v) is 71.0. The average Bonchev–Trinajstić information content (AvgIpc) is 0.686. The number of rotatable bonds is 36. The first-order valence-corrected chi connectivity index (χ1v) is 63.9. The zero-order valence-electron chi connectivity index (χ0n) is 63.3. The van der Waals surface area contributed by atoms with Crippen molar-refractivity contribution in [1.29, 1.82) is 0 Å². The molecule has 0 atom stereocenters. The van der Waals surface area contributed by atoms with Crippen LogP contribution in [0.4, 0.5) is 0 Å². The van der Waals surface area contributed by atoms with Gasteiger partial charge in [-0.05, 0) is 102 Å². The standard InChI is InChI=1S/C80H108O14Si12/c1-13-17-21-49-69-95(5,6)81-99(73-53-33-25-34-54-73)85-103(77-61-41-29-42-62-77)87-100(74-55-35-26-36-56-74,82-96(7,8)70-50-22-18-14-2)88-104(86-99,78-63-43-30-44-64-78)94-106(80-67-47-32-48-68-80)90-101(75-57-37-27-38-58-75,83-97(9,10)71-51-23-19-15-3)89-105(93-103,79-65-45-31-46-66-79)91-102(92-106,76-59-39-28-40-60-76)84-98(11,12)72-52-24-20-16-4/h13-16,25-48,53-68H,1-4,17-24,49-52,69-72H2,5-12H3. The van der Waals surface area contributed by atoms with Crippen LogP contribution in [0.1, 0.15) is 77.0 Å². The molecule has 14 nitrogen and oxygen atoms in total. The van der Waals surface area contributed by atoms with E-state index < -0.39 is 104 Å². The van der Waals surface area contributed by atoms with Crippen molar-refractivity contribution in [3.63, 3.8) is 0 Å². The lowest BCUT2D eigenvalue weighted by atomic mass is 10.2. The molecule has 4 saturated heterocycles. The summed E-state index contributed by atoms with van der Waals surface area (Å²) < 4.78 is 124. The highest BCUT2D eigenvalue weighted by Crippen LogP contribution is 2.46. The van der Waals surface area contributed by atoms with Gasteiger partial charge in [0.05, 0.1) is 0 Å². The maximum atomic E-state index is 9.19. The maximum Gasteiger partial charge on any atom is 0.515 e. The highest BCUT2D eigenvalue weighted by Gasteiger charge is 2.81. The first kappa shape index (κ1) is 81.7. The van der Waals surface area contributed by atoms with Crippen molar-refractivity contribution in [1.82, 2.24) is 0 Å². The fourth-order valence-electron chi connectivity index (χ4n) is 13.8. The van der Waals surface area contributed by atoms with Crippen LogP contribution in [0.15, 0.2) is 293 Å². The minimum Gasteiger partial charge on any atom is -0.413 e. The van der Waals surface area contributed by atoms with Crippen LogP contribution in [-0.2, 0) is 57.6 Å². The molecule has 0 aromatic heterocycles. The van der Waals surface area contributed by atoms with Crippen molar-refractivity contribution in [2.24, 2.45) is 0 Å². The molecule has 560 valence electrons. The number of hydrogen-bond donors (Lipinski definition) is 0. The summed E-state index contributed by atoms with van der Waals surface area (Å²) in [6.45, 7) is 34.4. The van der Waals surface area contributed by atoms with Crippen LogP contribution < -0.4 is 41.5 Å². The molecule has 4 heterocycles. The zero-order chi connectivity index (χ0) is 74.9. The van der Waals surface area contributed by atoms with Crippen LogP contribution in [0.25, 0.3) is 0 Å². The van der Waals surface area contributed by atoms with Gasteiger partial charge in [-0.1, -0.05) is 318 Å². The Labute approximate surface area is 644 Å². The van der Waals surface area contributed by atoms with Gasteiger partial charge in [0.1, 0.15) is 0 Å². The van der Waals surface area contributed by atoms with Gasteiger partial charge in [0, 0.05) is 41.5 Å². The Hall–Kier alpha value is -5.24. The van der Waals surface area contributed by atoms with Gasteiger partial charge in [-0.25, -0.2) is 0 Å². The normalized spacial score (nSPS) is 25.8. The van der Waals surface area contributed by atoms with E-state index in [1.165, 1.54) is 0 Å². The molecule has 4 aliphatic rings. The maximum absolute atomic E-state index is 9.19. The predicted octanol–water partition coefficient (Wildman–Crippen LogP) is 15.3. The molecular weight excluding hydrogens is 1520 g/mol. The molecule has 0 unspecified atom stereocenters. The Morgan fingerprint density at radius 2 is 0.377 bits per heavy atom. The van der Waals surface area contributed by atoms with Crippen molar-refractivity contribution in [3.8, 4) is 0 Å². The topological polar surface area (TPSA) is 129 Å². The van der Waals surface area contributed by atoms with Gasteiger partial charge < -0.3 is 57.6 Å². The van der Waals surface area contributed by atoms with Crippen LogP contribution in [-0.4, -0.2) is 104 Å². The second kappa shape index (κ2) is 35.8. The van der Waals surface area contributed by atoms with E-state index in [1.54, 1.807) is 0 Å². The van der Waals surface area contributed by atoms with Crippen LogP contribution in [0.5, 0.6) is 0 Å². The highest BCUT2D eigenvalue weighted by atomic mass is 28.6. The van der Waals surface area contributed by atoms with Crippen molar-refractivity contribution < 1.29 is 57.6 Å². The Bertz CT molecular complexity index is 3540. The third-order valence-electron chi connectivity index (χ3n) is 19.1. The Kier molecular flexibility index (Phi) is 27.6. The summed E-state index contributed by atoms with van der Waals surface area (Å²) in [6.07, 6.45) is 18.2. The van der Waals surface area contributed by atoms with Crippen molar-refractivity contribution in [2.45, 2.75) is 154 Å². The smallest absolute Gasteiger partial charge is 0.413 e. The van der Waals surface area contributed by atoms with Gasteiger partial charge in [-0.15, -0.1) is 26.3 Å². The fourth-order valence-corrected chi connectivity index (χ4v) is 74.8. The van der Waals surface area contributed by atoms with E-state index in [0.29, 0.717) is 65.7 Å². The first-order chi connectivity index (χ1) is 51.0. The van der Waals surface area contributed by atoms with E-state index in [0.717, 1.165) is 77.0 Å². The number of hydrogen-bond acceptors (Lipinski definition) is 14. The summed E-state index contributed by atoms with van der Waals surface area (Å²) in [7, 11) is -54.3. The largest absolute Gasteiger partial charge is 0.515 e. The monoisotopic (exact) mass is 1630 g/mol. The van der Waals surface area contributed by atoms with Gasteiger partial charge in [-0.2, -0.15) is 0 Å². The molecule has 8 aromatic carbocycles. The Balaban J connectivity index is 1.42. The number of benzene rings is 8. The van der Waals surface area contributed by atoms with E-state index in [1.807, 2.05) is 267 Å². The molecule has 26 heteroatoms. The van der Waals surface area contributed by atoms with E-state index in [-0.39, 0.29) is 0 Å². The molecule has 8 aromatic rings. The number of unbranched alkanes of at least 4 members (excludes halogenated alkanes) is 8. The Morgan fingerprint density at radius 3 is 0.528 bits per heavy atom. The summed E-state index contributed by atoms with van der Waals surface area (Å²) in [5, 5.41) is 4.58. The lowest BCUT2D eigenvalue weighted by Crippen LogP contribution is -2.91. The molecule has 12 rings (SSSR count). The third kappa shape index (κ3) is 19.7. The molecule has 0 saturated carbocycles. The first-order valence-electron chi connectivity index (χ1n) is 37.7. The molecule has 0 radical (unpaired) electrons. The van der Waals surface area contributed by atoms with Crippen molar-refractivity contribution in [2.75, 3.05) is 0 Å². The molecular formula is C80H108O14Si12. The summed E-state index contributed by atoms with van der Waals surface area (Å²) in [5.41, 5.74) is 0. The summed E-state index contributed by atoms with van der Waals surface area (Å²) in [6, 6.07) is 83.2. The number of allylic oxidation sites excluding steroid dienone is 4. The van der Waals surface area contributed by atoms with E-state index >= 15 is 0 Å². The summed E-state index contributed by atoms with van der Waals surface area (Å²) in [5.74, 6) is 0. The second-order valence-electron chi connectivity index (χ2n) is 30.0. The fraction of sp³-hybridized carbons (Fsp3) is 0.300. The van der Waals surface area contributed by atoms with Crippen molar-refractivity contribution >= 4 is 145 Å². The van der Waals surface area contributed by atoms with Crippen LogP contribution in [0.3, 0.4) is 0 Å². The molecule has 0 spiro atoms. The third-order valence-corrected chi connectivity index (χ3v) is 68.3. The molecule has 4 fully saturated rings. The predicted molar refractivity (Wildman–Crippen MR) is 455 cm³/mol. The Morgan fingerprint density at radius 1 is 0.226 bits per heavy atom. The van der Waals surface area contributed by atoms with Crippen molar-refractivity contribution in [3.05, 3.63) is 293 Å². The number of fused-ring (bicyclic) bond motifs is 4. The average molecular weight is 1630 g/mol. The van der Waals surface area contributed by atoms with Gasteiger partial charge in [0.2, 0.25) is 0 Å². The minimum atomic E-state index is -5.42. The van der Waals surface area contributed by atoms with Gasteiger partial charge in [0.15, 0.2) is 33.3 Å². The van der Waals surface area contributed by atoms with Gasteiger partial charge in [0.25, 0.3) is 0 Å². The van der Waals surface area contributed by atoms with E-state index in [4.69, 9.17) is 49.4 Å². The quantitative estimate of drug-likeness (QED) is 0.0210. The van der Waals surface area contributed by atoms with Crippen LogP contribution in [0, 0.1) is 0 Å². The molecule has 0 aliphatic carbocycles.